The van der Waals surface area contributed by atoms with Gasteiger partial charge < -0.3 is 10.1 Å². The van der Waals surface area contributed by atoms with E-state index in [2.05, 4.69) is 23.9 Å². The van der Waals surface area contributed by atoms with Crippen LogP contribution in [0.5, 0.6) is 0 Å². The third-order valence-electron chi connectivity index (χ3n) is 2.82. The van der Waals surface area contributed by atoms with Crippen molar-refractivity contribution in [3.05, 3.63) is 35.4 Å². The fraction of sp³-hybridized carbons (Fsp3) is 0.533. The van der Waals surface area contributed by atoms with Crippen LogP contribution in [0.25, 0.3) is 0 Å². The maximum Gasteiger partial charge on any atom is 0.422 e. The highest BCUT2D eigenvalue weighted by Gasteiger charge is 2.29. The number of benzene rings is 1. The summed E-state index contributed by atoms with van der Waals surface area (Å²) in [6.07, 6.45) is -4.64. The molecule has 0 aliphatic rings. The molecule has 1 aromatic carbocycles. The molecule has 1 N–H and O–H groups in total. The largest absolute Gasteiger partial charge is 0.440 e. The molecule has 1 amide bonds. The lowest BCUT2D eigenvalue weighted by Crippen LogP contribution is -2.30. The Hall–Kier alpha value is -1.72. The van der Waals surface area contributed by atoms with Crippen molar-refractivity contribution in [2.24, 2.45) is 5.92 Å². The number of alkyl halides is 3. The predicted molar refractivity (Wildman–Crippen MR) is 73.9 cm³/mol. The van der Waals surface area contributed by atoms with Crippen molar-refractivity contribution in [3.63, 3.8) is 0 Å². The van der Waals surface area contributed by atoms with E-state index in [0.717, 1.165) is 12.0 Å². The Morgan fingerprint density at radius 2 is 1.76 bits per heavy atom. The molecule has 6 heteroatoms. The van der Waals surface area contributed by atoms with E-state index in [1.165, 1.54) is 5.56 Å². The quantitative estimate of drug-likeness (QED) is 0.883. The first-order valence-corrected chi connectivity index (χ1v) is 6.76. The molecule has 0 spiro atoms. The lowest BCUT2D eigenvalue weighted by molar-refractivity contribution is -0.160. The van der Waals surface area contributed by atoms with Gasteiger partial charge in [0.15, 0.2) is 6.61 Å². The van der Waals surface area contributed by atoms with Crippen molar-refractivity contribution >= 4 is 6.09 Å². The standard InChI is InChI=1S/C15H20F3NO2/c1-10(2)8-12-4-6-13(7-5-12)11(3)19-14(20)21-9-15(16,17)18/h4-7,10-11H,8-9H2,1-3H3,(H,19,20). The molecular formula is C15H20F3NO2. The number of hydrogen-bond acceptors (Lipinski definition) is 2. The molecule has 0 saturated heterocycles. The van der Waals surface area contributed by atoms with E-state index in [0.29, 0.717) is 5.92 Å². The third kappa shape index (κ3) is 7.02. The SMILES string of the molecule is CC(C)Cc1ccc(C(C)NC(=O)OCC(F)(F)F)cc1. The van der Waals surface area contributed by atoms with Crippen LogP contribution in [0.3, 0.4) is 0 Å². The third-order valence-corrected chi connectivity index (χ3v) is 2.82. The monoisotopic (exact) mass is 303 g/mol. The van der Waals surface area contributed by atoms with Crippen LogP contribution in [-0.2, 0) is 11.2 Å². The second-order valence-electron chi connectivity index (χ2n) is 5.40. The van der Waals surface area contributed by atoms with Crippen LogP contribution >= 0.6 is 0 Å². The van der Waals surface area contributed by atoms with Gasteiger partial charge >= 0.3 is 12.3 Å². The molecule has 0 fully saturated rings. The Bertz CT molecular complexity index is 455. The van der Waals surface area contributed by atoms with E-state index >= 15 is 0 Å². The molecule has 0 bridgehead atoms. The van der Waals surface area contributed by atoms with Crippen LogP contribution in [-0.4, -0.2) is 18.9 Å². The number of halogens is 3. The molecule has 21 heavy (non-hydrogen) atoms. The highest BCUT2D eigenvalue weighted by molar-refractivity contribution is 5.67. The minimum absolute atomic E-state index is 0.418. The van der Waals surface area contributed by atoms with Gasteiger partial charge in [-0.05, 0) is 30.4 Å². The molecular weight excluding hydrogens is 283 g/mol. The Labute approximate surface area is 122 Å². The van der Waals surface area contributed by atoms with Crippen LogP contribution in [0.2, 0.25) is 0 Å². The van der Waals surface area contributed by atoms with Gasteiger partial charge in [-0.1, -0.05) is 38.1 Å². The topological polar surface area (TPSA) is 38.3 Å². The summed E-state index contributed by atoms with van der Waals surface area (Å²) >= 11 is 0. The van der Waals surface area contributed by atoms with Crippen LogP contribution in [0.4, 0.5) is 18.0 Å². The number of nitrogens with one attached hydrogen (secondary N) is 1. The smallest absolute Gasteiger partial charge is 0.422 e. The molecule has 0 saturated carbocycles. The maximum absolute atomic E-state index is 11.9. The van der Waals surface area contributed by atoms with Gasteiger partial charge in [0.1, 0.15) is 0 Å². The van der Waals surface area contributed by atoms with Crippen molar-refractivity contribution in [1.29, 1.82) is 0 Å². The first-order valence-electron chi connectivity index (χ1n) is 6.76. The first-order chi connectivity index (χ1) is 9.67. The summed E-state index contributed by atoms with van der Waals surface area (Å²) in [7, 11) is 0. The van der Waals surface area contributed by atoms with Gasteiger partial charge in [-0.25, -0.2) is 4.79 Å². The second-order valence-corrected chi connectivity index (χ2v) is 5.40. The van der Waals surface area contributed by atoms with Crippen LogP contribution < -0.4 is 5.32 Å². The van der Waals surface area contributed by atoms with Crippen LogP contribution in [0.1, 0.15) is 37.9 Å². The van der Waals surface area contributed by atoms with Gasteiger partial charge in [0.2, 0.25) is 0 Å². The lowest BCUT2D eigenvalue weighted by atomic mass is 10.00. The summed E-state index contributed by atoms with van der Waals surface area (Å²) in [5.41, 5.74) is 1.99. The van der Waals surface area contributed by atoms with Crippen LogP contribution in [0, 0.1) is 5.92 Å². The number of hydrogen-bond donors (Lipinski definition) is 1. The zero-order chi connectivity index (χ0) is 16.0. The molecule has 0 aliphatic heterocycles. The molecule has 0 radical (unpaired) electrons. The van der Waals surface area contributed by atoms with Gasteiger partial charge in [0, 0.05) is 0 Å². The highest BCUT2D eigenvalue weighted by atomic mass is 19.4. The number of carbonyl (C=O) groups is 1. The zero-order valence-corrected chi connectivity index (χ0v) is 12.3. The first kappa shape index (κ1) is 17.3. The molecule has 0 aliphatic carbocycles. The van der Waals surface area contributed by atoms with Gasteiger partial charge in [-0.3, -0.25) is 0 Å². The number of amides is 1. The minimum Gasteiger partial charge on any atom is -0.440 e. The Kier molecular flexibility index (Phi) is 6.05. The number of alkyl carbamates (subject to hydrolysis) is 1. The van der Waals surface area contributed by atoms with E-state index < -0.39 is 24.9 Å². The van der Waals surface area contributed by atoms with Gasteiger partial charge in [0.05, 0.1) is 6.04 Å². The van der Waals surface area contributed by atoms with E-state index in [1.807, 2.05) is 24.3 Å². The molecule has 118 valence electrons. The molecule has 1 unspecified atom stereocenters. The second kappa shape index (κ2) is 7.33. The zero-order valence-electron chi connectivity index (χ0n) is 12.3. The van der Waals surface area contributed by atoms with E-state index in [9.17, 15) is 18.0 Å². The summed E-state index contributed by atoms with van der Waals surface area (Å²) in [5, 5.41) is 2.37. The molecule has 1 aromatic rings. The van der Waals surface area contributed by atoms with Crippen molar-refractivity contribution in [1.82, 2.24) is 5.32 Å². The lowest BCUT2D eigenvalue weighted by Gasteiger charge is -2.15. The highest BCUT2D eigenvalue weighted by Crippen LogP contribution is 2.17. The van der Waals surface area contributed by atoms with Crippen molar-refractivity contribution in [3.8, 4) is 0 Å². The molecule has 0 heterocycles. The Morgan fingerprint density at radius 1 is 1.19 bits per heavy atom. The molecule has 1 atom stereocenters. The number of rotatable bonds is 5. The Morgan fingerprint density at radius 3 is 2.24 bits per heavy atom. The summed E-state index contributed by atoms with van der Waals surface area (Å²) in [5.74, 6) is 0.545. The van der Waals surface area contributed by atoms with Crippen molar-refractivity contribution in [2.45, 2.75) is 39.4 Å². The molecule has 0 aromatic heterocycles. The predicted octanol–water partition coefficient (Wildman–Crippen LogP) is 4.23. The summed E-state index contributed by atoms with van der Waals surface area (Å²) in [6.45, 7) is 4.34. The van der Waals surface area contributed by atoms with Crippen molar-refractivity contribution < 1.29 is 22.7 Å². The Balaban J connectivity index is 2.51. The van der Waals surface area contributed by atoms with Gasteiger partial charge in [-0.2, -0.15) is 13.2 Å². The van der Waals surface area contributed by atoms with E-state index in [-0.39, 0.29) is 0 Å². The van der Waals surface area contributed by atoms with Crippen molar-refractivity contribution in [2.75, 3.05) is 6.61 Å². The summed E-state index contributed by atoms with van der Waals surface area (Å²) in [4.78, 5) is 11.3. The van der Waals surface area contributed by atoms with Crippen LogP contribution in [0.15, 0.2) is 24.3 Å². The average Bonchev–Trinajstić information content (AvgIpc) is 2.35. The summed E-state index contributed by atoms with van der Waals surface area (Å²) < 4.78 is 39.9. The van der Waals surface area contributed by atoms with Gasteiger partial charge in [0.25, 0.3) is 0 Å². The number of carbonyl (C=O) groups excluding carboxylic acids is 1. The molecule has 3 nitrogen and oxygen atoms in total. The van der Waals surface area contributed by atoms with E-state index in [1.54, 1.807) is 6.92 Å². The van der Waals surface area contributed by atoms with E-state index in [4.69, 9.17) is 0 Å². The molecule has 1 rings (SSSR count). The minimum atomic E-state index is -4.51. The normalized spacial score (nSPS) is 13.1. The fourth-order valence-corrected chi connectivity index (χ4v) is 1.86. The fourth-order valence-electron chi connectivity index (χ4n) is 1.86. The number of ether oxygens (including phenoxy) is 1. The van der Waals surface area contributed by atoms with Gasteiger partial charge in [-0.15, -0.1) is 0 Å². The average molecular weight is 303 g/mol. The maximum atomic E-state index is 11.9. The summed E-state index contributed by atoms with van der Waals surface area (Å²) in [6, 6.07) is 7.20.